The van der Waals surface area contributed by atoms with Gasteiger partial charge in [0.25, 0.3) is 5.91 Å². The van der Waals surface area contributed by atoms with Crippen molar-refractivity contribution in [1.82, 2.24) is 4.98 Å². The van der Waals surface area contributed by atoms with Crippen LogP contribution < -0.4 is 11.1 Å². The summed E-state index contributed by atoms with van der Waals surface area (Å²) in [6.07, 6.45) is 1.52. The predicted molar refractivity (Wildman–Crippen MR) is 68.1 cm³/mol. The van der Waals surface area contributed by atoms with Crippen molar-refractivity contribution in [3.05, 3.63) is 53.3 Å². The van der Waals surface area contributed by atoms with E-state index in [1.807, 2.05) is 0 Å². The number of hydrogen-bond donors (Lipinski definition) is 2. The lowest BCUT2D eigenvalue weighted by Gasteiger charge is -2.07. The monoisotopic (exact) mass is 247 g/mol. The molecule has 0 aliphatic heterocycles. The summed E-state index contributed by atoms with van der Waals surface area (Å²) >= 11 is 5.72. The number of aromatic nitrogens is 1. The van der Waals surface area contributed by atoms with Crippen molar-refractivity contribution in [2.24, 2.45) is 0 Å². The molecule has 1 aromatic carbocycles. The molecule has 1 heterocycles. The van der Waals surface area contributed by atoms with Gasteiger partial charge in [-0.3, -0.25) is 4.79 Å². The molecule has 0 aliphatic rings. The minimum absolute atomic E-state index is 0.273. The first-order chi connectivity index (χ1) is 8.16. The van der Waals surface area contributed by atoms with Gasteiger partial charge in [0.15, 0.2) is 0 Å². The molecule has 0 saturated carbocycles. The molecule has 2 rings (SSSR count). The first-order valence-electron chi connectivity index (χ1n) is 4.94. The Bertz CT molecular complexity index is 557. The topological polar surface area (TPSA) is 68.0 Å². The summed E-state index contributed by atoms with van der Waals surface area (Å²) in [7, 11) is 0. The maximum atomic E-state index is 11.9. The molecule has 86 valence electrons. The lowest BCUT2D eigenvalue weighted by molar-refractivity contribution is 0.102. The quantitative estimate of drug-likeness (QED) is 0.633. The molecule has 0 atom stereocenters. The van der Waals surface area contributed by atoms with Gasteiger partial charge in [-0.15, -0.1) is 0 Å². The minimum Gasteiger partial charge on any atom is -0.398 e. The van der Waals surface area contributed by atoms with Gasteiger partial charge in [0.05, 0.1) is 5.56 Å². The molecule has 0 saturated heterocycles. The van der Waals surface area contributed by atoms with E-state index in [-0.39, 0.29) is 5.91 Å². The first kappa shape index (κ1) is 11.4. The third-order valence-corrected chi connectivity index (χ3v) is 2.40. The van der Waals surface area contributed by atoms with Crippen LogP contribution in [0.5, 0.6) is 0 Å². The van der Waals surface area contributed by atoms with E-state index in [9.17, 15) is 4.79 Å². The zero-order valence-corrected chi connectivity index (χ0v) is 9.61. The molecule has 1 amide bonds. The number of carbonyl (C=O) groups excluding carboxylic acids is 1. The zero-order chi connectivity index (χ0) is 12.3. The number of halogens is 1. The molecule has 17 heavy (non-hydrogen) atoms. The molecule has 0 radical (unpaired) electrons. The van der Waals surface area contributed by atoms with Crippen LogP contribution in [-0.4, -0.2) is 10.9 Å². The van der Waals surface area contributed by atoms with E-state index >= 15 is 0 Å². The van der Waals surface area contributed by atoms with Crippen LogP contribution in [0, 0.1) is 0 Å². The summed E-state index contributed by atoms with van der Waals surface area (Å²) in [5, 5.41) is 3.02. The number of nitrogens with one attached hydrogen (secondary N) is 1. The number of nitrogens with zero attached hydrogens (tertiary/aromatic N) is 1. The van der Waals surface area contributed by atoms with E-state index in [4.69, 9.17) is 17.3 Å². The highest BCUT2D eigenvalue weighted by Crippen LogP contribution is 2.16. The predicted octanol–water partition coefficient (Wildman–Crippen LogP) is 2.57. The molecule has 4 nitrogen and oxygen atoms in total. The fourth-order valence-corrected chi connectivity index (χ4v) is 1.56. The summed E-state index contributed by atoms with van der Waals surface area (Å²) in [6.45, 7) is 0. The second-order valence-electron chi connectivity index (χ2n) is 3.41. The van der Waals surface area contributed by atoms with E-state index in [0.717, 1.165) is 0 Å². The molecule has 0 unspecified atom stereocenters. The molecule has 0 bridgehead atoms. The number of benzene rings is 1. The average Bonchev–Trinajstić information content (AvgIpc) is 2.29. The first-order valence-corrected chi connectivity index (χ1v) is 5.32. The average molecular weight is 248 g/mol. The number of para-hydroxylation sites is 1. The number of pyridine rings is 1. The van der Waals surface area contributed by atoms with Crippen LogP contribution in [0.2, 0.25) is 5.15 Å². The molecule has 3 N–H and O–H groups in total. The Hall–Kier alpha value is -2.07. The summed E-state index contributed by atoms with van der Waals surface area (Å²) in [6, 6.07) is 10.1. The third-order valence-electron chi connectivity index (χ3n) is 2.19. The van der Waals surface area contributed by atoms with E-state index in [0.29, 0.717) is 22.1 Å². The van der Waals surface area contributed by atoms with Crippen molar-refractivity contribution >= 4 is 28.9 Å². The Morgan fingerprint density at radius 1 is 1.29 bits per heavy atom. The van der Waals surface area contributed by atoms with Crippen LogP contribution in [-0.2, 0) is 0 Å². The fraction of sp³-hybridized carbons (Fsp3) is 0. The maximum Gasteiger partial charge on any atom is 0.257 e. The number of carbonyl (C=O) groups is 1. The van der Waals surface area contributed by atoms with Gasteiger partial charge >= 0.3 is 0 Å². The Labute approximate surface area is 103 Å². The Morgan fingerprint density at radius 2 is 2.06 bits per heavy atom. The summed E-state index contributed by atoms with van der Waals surface area (Å²) < 4.78 is 0. The van der Waals surface area contributed by atoms with E-state index in [1.165, 1.54) is 6.20 Å². The molecule has 1 aromatic heterocycles. The fourth-order valence-electron chi connectivity index (χ4n) is 1.38. The minimum atomic E-state index is -0.273. The van der Waals surface area contributed by atoms with Gasteiger partial charge in [-0.1, -0.05) is 23.7 Å². The highest BCUT2D eigenvalue weighted by molar-refractivity contribution is 6.29. The van der Waals surface area contributed by atoms with Crippen LogP contribution in [0.25, 0.3) is 0 Å². The van der Waals surface area contributed by atoms with Gasteiger partial charge in [-0.05, 0) is 24.3 Å². The van der Waals surface area contributed by atoms with Crippen molar-refractivity contribution in [2.75, 3.05) is 11.1 Å². The normalized spacial score (nSPS) is 9.94. The highest BCUT2D eigenvalue weighted by Gasteiger charge is 2.09. The maximum absolute atomic E-state index is 11.9. The van der Waals surface area contributed by atoms with Crippen molar-refractivity contribution < 1.29 is 4.79 Å². The molecular weight excluding hydrogens is 238 g/mol. The lowest BCUT2D eigenvalue weighted by Crippen LogP contribution is -2.13. The van der Waals surface area contributed by atoms with Gasteiger partial charge in [0.1, 0.15) is 5.15 Å². The van der Waals surface area contributed by atoms with Gasteiger partial charge in [0, 0.05) is 17.6 Å². The van der Waals surface area contributed by atoms with E-state index in [1.54, 1.807) is 36.4 Å². The second kappa shape index (κ2) is 4.84. The third kappa shape index (κ3) is 2.73. The molecule has 0 spiro atoms. The van der Waals surface area contributed by atoms with Gasteiger partial charge in [-0.2, -0.15) is 0 Å². The van der Waals surface area contributed by atoms with Gasteiger partial charge < -0.3 is 11.1 Å². The van der Waals surface area contributed by atoms with Crippen LogP contribution in [0.15, 0.2) is 42.6 Å². The number of anilines is 2. The SMILES string of the molecule is Nc1ccccc1C(=O)Nc1ccnc(Cl)c1. The van der Waals surface area contributed by atoms with Crippen molar-refractivity contribution in [3.8, 4) is 0 Å². The Kier molecular flexibility index (Phi) is 3.25. The van der Waals surface area contributed by atoms with Crippen molar-refractivity contribution in [2.45, 2.75) is 0 Å². The molecule has 0 fully saturated rings. The molecular formula is C12H10ClN3O. The zero-order valence-electron chi connectivity index (χ0n) is 8.85. The van der Waals surface area contributed by atoms with E-state index in [2.05, 4.69) is 10.3 Å². The number of rotatable bonds is 2. The largest absolute Gasteiger partial charge is 0.398 e. The Morgan fingerprint density at radius 3 is 2.76 bits per heavy atom. The van der Waals surface area contributed by atoms with Crippen LogP contribution in [0.3, 0.4) is 0 Å². The second-order valence-corrected chi connectivity index (χ2v) is 3.80. The van der Waals surface area contributed by atoms with Crippen LogP contribution >= 0.6 is 11.6 Å². The highest BCUT2D eigenvalue weighted by atomic mass is 35.5. The van der Waals surface area contributed by atoms with Crippen molar-refractivity contribution in [3.63, 3.8) is 0 Å². The standard InChI is InChI=1S/C12H10ClN3O/c13-11-7-8(5-6-15-11)16-12(17)9-3-1-2-4-10(9)14/h1-7H,14H2,(H,15,16,17). The summed E-state index contributed by atoms with van der Waals surface area (Å²) in [5.41, 5.74) is 7.15. The Balaban J connectivity index is 2.20. The number of amides is 1. The summed E-state index contributed by atoms with van der Waals surface area (Å²) in [5.74, 6) is -0.273. The van der Waals surface area contributed by atoms with Crippen LogP contribution in [0.1, 0.15) is 10.4 Å². The van der Waals surface area contributed by atoms with Gasteiger partial charge in [-0.25, -0.2) is 4.98 Å². The van der Waals surface area contributed by atoms with Crippen LogP contribution in [0.4, 0.5) is 11.4 Å². The number of nitrogen functional groups attached to an aromatic ring is 1. The molecule has 5 heteroatoms. The smallest absolute Gasteiger partial charge is 0.257 e. The van der Waals surface area contributed by atoms with Crippen molar-refractivity contribution in [1.29, 1.82) is 0 Å². The lowest BCUT2D eigenvalue weighted by atomic mass is 10.1. The van der Waals surface area contributed by atoms with E-state index < -0.39 is 0 Å². The number of hydrogen-bond acceptors (Lipinski definition) is 3. The molecule has 0 aliphatic carbocycles. The molecule has 2 aromatic rings. The van der Waals surface area contributed by atoms with Gasteiger partial charge in [0.2, 0.25) is 0 Å². The summed E-state index contributed by atoms with van der Waals surface area (Å²) in [4.78, 5) is 15.7. The number of nitrogens with two attached hydrogens (primary N) is 1.